The van der Waals surface area contributed by atoms with Gasteiger partial charge in [0.05, 0.1) is 25.4 Å². The minimum atomic E-state index is -0.848. The maximum atomic E-state index is 12.5. The van der Waals surface area contributed by atoms with E-state index >= 15 is 0 Å². The van der Waals surface area contributed by atoms with Crippen LogP contribution in [0.2, 0.25) is 0 Å². The van der Waals surface area contributed by atoms with Crippen molar-refractivity contribution in [2.75, 3.05) is 13.2 Å². The van der Waals surface area contributed by atoms with E-state index in [9.17, 15) is 19.8 Å². The van der Waals surface area contributed by atoms with Crippen LogP contribution in [0.4, 0.5) is 0 Å². The van der Waals surface area contributed by atoms with Gasteiger partial charge in [0, 0.05) is 12.8 Å². The zero-order valence-electron chi connectivity index (χ0n) is 54.8. The number of aliphatic hydroxyl groups is 2. The Hall–Kier alpha value is -1.92. The maximum Gasteiger partial charge on any atom is 0.305 e. The van der Waals surface area contributed by atoms with Crippen molar-refractivity contribution in [2.45, 2.75) is 418 Å². The molecule has 0 saturated heterocycles. The first kappa shape index (κ1) is 79.1. The summed E-state index contributed by atoms with van der Waals surface area (Å²) < 4.78 is 5.49. The average molecular weight is 1140 g/mol. The van der Waals surface area contributed by atoms with Crippen LogP contribution in [0.15, 0.2) is 36.5 Å². The molecule has 0 bridgehead atoms. The van der Waals surface area contributed by atoms with E-state index in [1.54, 1.807) is 6.08 Å². The number of aliphatic hydroxyl groups excluding tert-OH is 2. The molecule has 0 heterocycles. The molecule has 0 fully saturated rings. The van der Waals surface area contributed by atoms with Gasteiger partial charge in [0.25, 0.3) is 0 Å². The Kier molecular flexibility index (Phi) is 68.9. The molecule has 0 aromatic heterocycles. The molecule has 81 heavy (non-hydrogen) atoms. The van der Waals surface area contributed by atoms with Crippen LogP contribution in [0.1, 0.15) is 406 Å². The minimum absolute atomic E-state index is 0.00593. The Morgan fingerprint density at radius 3 is 0.877 bits per heavy atom. The number of amides is 1. The van der Waals surface area contributed by atoms with Gasteiger partial charge in [0.15, 0.2) is 0 Å². The van der Waals surface area contributed by atoms with Crippen molar-refractivity contribution in [3.63, 3.8) is 0 Å². The van der Waals surface area contributed by atoms with E-state index in [1.165, 1.54) is 334 Å². The van der Waals surface area contributed by atoms with E-state index in [0.717, 1.165) is 44.9 Å². The normalized spacial score (nSPS) is 12.7. The van der Waals surface area contributed by atoms with Crippen LogP contribution >= 0.6 is 0 Å². The van der Waals surface area contributed by atoms with Gasteiger partial charge in [-0.3, -0.25) is 9.59 Å². The number of hydrogen-bond acceptors (Lipinski definition) is 5. The number of carbonyl (C=O) groups is 2. The van der Waals surface area contributed by atoms with Crippen LogP contribution < -0.4 is 5.32 Å². The highest BCUT2D eigenvalue weighted by Gasteiger charge is 2.18. The maximum absolute atomic E-state index is 12.5. The summed E-state index contributed by atoms with van der Waals surface area (Å²) in [6.45, 7) is 4.93. The zero-order valence-corrected chi connectivity index (χ0v) is 54.8. The molecule has 0 rings (SSSR count). The molecule has 6 heteroatoms. The van der Waals surface area contributed by atoms with Gasteiger partial charge in [-0.2, -0.15) is 0 Å². The molecule has 0 aliphatic heterocycles. The predicted molar refractivity (Wildman–Crippen MR) is 356 cm³/mol. The highest BCUT2D eigenvalue weighted by Crippen LogP contribution is 2.19. The molecular formula is C75H143NO5. The van der Waals surface area contributed by atoms with Gasteiger partial charge in [0.2, 0.25) is 5.91 Å². The molecule has 2 unspecified atom stereocenters. The number of hydrogen-bond donors (Lipinski definition) is 3. The highest BCUT2D eigenvalue weighted by molar-refractivity contribution is 5.76. The molecule has 0 aromatic rings. The monoisotopic (exact) mass is 1140 g/mol. The highest BCUT2D eigenvalue weighted by atomic mass is 16.5. The SMILES string of the molecule is CCCCCCC/C=C\CCCCCCCC(=O)OCCCCCCCCCCCCCC/C=C\CCCCCCCCCCCCC(=O)NC(CO)C(O)/C=C/CCCCCCCCCCCCCCCCCCCCCCCC. The van der Waals surface area contributed by atoms with Gasteiger partial charge in [-0.25, -0.2) is 0 Å². The minimum Gasteiger partial charge on any atom is -0.466 e. The van der Waals surface area contributed by atoms with E-state index in [0.29, 0.717) is 19.4 Å². The fourth-order valence-electron chi connectivity index (χ4n) is 11.5. The van der Waals surface area contributed by atoms with E-state index in [2.05, 4.69) is 43.5 Å². The second-order valence-corrected chi connectivity index (χ2v) is 25.3. The van der Waals surface area contributed by atoms with E-state index < -0.39 is 12.1 Å². The topological polar surface area (TPSA) is 95.9 Å². The summed E-state index contributed by atoms with van der Waals surface area (Å²) in [4.78, 5) is 24.6. The number of allylic oxidation sites excluding steroid dienone is 5. The summed E-state index contributed by atoms with van der Waals surface area (Å²) in [5.74, 6) is -0.0597. The quantitative estimate of drug-likeness (QED) is 0.0320. The van der Waals surface area contributed by atoms with Gasteiger partial charge in [-0.15, -0.1) is 0 Å². The molecule has 0 radical (unpaired) electrons. The zero-order chi connectivity index (χ0) is 58.5. The van der Waals surface area contributed by atoms with Crippen LogP contribution in [0.3, 0.4) is 0 Å². The van der Waals surface area contributed by atoms with Crippen LogP contribution in [-0.2, 0) is 14.3 Å². The van der Waals surface area contributed by atoms with Gasteiger partial charge in [0.1, 0.15) is 0 Å². The lowest BCUT2D eigenvalue weighted by molar-refractivity contribution is -0.143. The third-order valence-electron chi connectivity index (χ3n) is 17.1. The van der Waals surface area contributed by atoms with Gasteiger partial charge >= 0.3 is 5.97 Å². The van der Waals surface area contributed by atoms with Gasteiger partial charge in [-0.1, -0.05) is 346 Å². The molecule has 3 N–H and O–H groups in total. The molecule has 2 atom stereocenters. The Morgan fingerprint density at radius 1 is 0.333 bits per heavy atom. The smallest absolute Gasteiger partial charge is 0.305 e. The van der Waals surface area contributed by atoms with Crippen molar-refractivity contribution in [3.05, 3.63) is 36.5 Å². The molecule has 0 aliphatic carbocycles. The first-order valence-corrected chi connectivity index (χ1v) is 36.8. The number of ether oxygens (including phenoxy) is 1. The Labute approximate surface area is 506 Å². The first-order valence-electron chi connectivity index (χ1n) is 36.8. The fourth-order valence-corrected chi connectivity index (χ4v) is 11.5. The summed E-state index contributed by atoms with van der Waals surface area (Å²) in [5.41, 5.74) is 0. The second-order valence-electron chi connectivity index (χ2n) is 25.3. The summed E-state index contributed by atoms with van der Waals surface area (Å²) in [6, 6.07) is -0.631. The third kappa shape index (κ3) is 67.1. The second kappa shape index (κ2) is 70.6. The Balaban J connectivity index is 3.42. The average Bonchev–Trinajstić information content (AvgIpc) is 3.47. The van der Waals surface area contributed by atoms with Crippen LogP contribution in [0.25, 0.3) is 0 Å². The third-order valence-corrected chi connectivity index (χ3v) is 17.1. The van der Waals surface area contributed by atoms with Crippen molar-refractivity contribution in [3.8, 4) is 0 Å². The first-order chi connectivity index (χ1) is 40.0. The fraction of sp³-hybridized carbons (Fsp3) is 0.893. The Morgan fingerprint density at radius 2 is 0.580 bits per heavy atom. The van der Waals surface area contributed by atoms with Crippen molar-refractivity contribution in [1.29, 1.82) is 0 Å². The van der Waals surface area contributed by atoms with Gasteiger partial charge < -0.3 is 20.3 Å². The molecule has 0 saturated carbocycles. The number of esters is 1. The Bertz CT molecular complexity index is 1310. The van der Waals surface area contributed by atoms with Crippen LogP contribution in [-0.4, -0.2) is 47.4 Å². The van der Waals surface area contributed by atoms with Crippen molar-refractivity contribution >= 4 is 11.9 Å². The molecular weight excluding hydrogens is 995 g/mol. The van der Waals surface area contributed by atoms with E-state index in [1.807, 2.05) is 6.08 Å². The number of unbranched alkanes of at least 4 members (excludes halogenated alkanes) is 54. The number of rotatable bonds is 69. The largest absolute Gasteiger partial charge is 0.466 e. The summed E-state index contributed by atoms with van der Waals surface area (Å²) in [5, 5.41) is 23.3. The lowest BCUT2D eigenvalue weighted by Crippen LogP contribution is -2.45. The van der Waals surface area contributed by atoms with Crippen molar-refractivity contribution in [1.82, 2.24) is 5.32 Å². The standard InChI is InChI=1S/C75H143NO5/c1-3-5-7-9-11-13-15-17-19-20-21-22-23-28-31-34-37-40-43-47-51-55-59-63-67-73(78)72(71-77)76-74(79)68-64-60-56-52-48-44-41-38-35-32-29-26-24-25-27-30-33-36-39-42-46-50-54-58-62-66-70-81-75(80)69-65-61-57-53-49-45-18-16-14-12-10-8-6-4-2/h16,18,24,26,63,67,72-73,77-78H,3-15,17,19-23,25,27-62,64-66,68-71H2,1-2H3,(H,76,79)/b18-16-,26-24-,67-63+. The van der Waals surface area contributed by atoms with Crippen molar-refractivity contribution in [2.24, 2.45) is 0 Å². The van der Waals surface area contributed by atoms with E-state index in [4.69, 9.17) is 4.74 Å². The molecule has 0 aliphatic rings. The van der Waals surface area contributed by atoms with Crippen molar-refractivity contribution < 1.29 is 24.5 Å². The molecule has 1 amide bonds. The molecule has 0 spiro atoms. The summed E-state index contributed by atoms with van der Waals surface area (Å²) in [6.07, 6.45) is 90.9. The number of nitrogens with one attached hydrogen (secondary N) is 1. The molecule has 0 aromatic carbocycles. The lowest BCUT2D eigenvalue weighted by Gasteiger charge is -2.20. The van der Waals surface area contributed by atoms with E-state index in [-0.39, 0.29) is 18.5 Å². The molecule has 478 valence electrons. The lowest BCUT2D eigenvalue weighted by atomic mass is 10.0. The van der Waals surface area contributed by atoms with Crippen LogP contribution in [0.5, 0.6) is 0 Å². The summed E-state index contributed by atoms with van der Waals surface area (Å²) in [7, 11) is 0. The summed E-state index contributed by atoms with van der Waals surface area (Å²) >= 11 is 0. The molecule has 6 nitrogen and oxygen atoms in total. The van der Waals surface area contributed by atoms with Crippen LogP contribution in [0, 0.1) is 0 Å². The number of carbonyl (C=O) groups excluding carboxylic acids is 2. The van der Waals surface area contributed by atoms with Gasteiger partial charge in [-0.05, 0) is 83.5 Å². The predicted octanol–water partition coefficient (Wildman–Crippen LogP) is 23.9.